The van der Waals surface area contributed by atoms with Crippen LogP contribution in [-0.2, 0) is 14.4 Å². The van der Waals surface area contributed by atoms with Crippen LogP contribution in [0, 0.1) is 0 Å². The third kappa shape index (κ3) is 4.21. The number of benzene rings is 2. The molecule has 0 atom stereocenters. The average molecular weight is 389 g/mol. The van der Waals surface area contributed by atoms with Gasteiger partial charge in [-0.1, -0.05) is 48.5 Å². The zero-order valence-corrected chi connectivity index (χ0v) is 16.1. The van der Waals surface area contributed by atoms with E-state index in [4.69, 9.17) is 0 Å². The first-order chi connectivity index (χ1) is 14.1. The first kappa shape index (κ1) is 18.9. The number of fused-ring (bicyclic) bond motifs is 1. The summed E-state index contributed by atoms with van der Waals surface area (Å²) < 4.78 is 0. The van der Waals surface area contributed by atoms with Gasteiger partial charge in [0.25, 0.3) is 0 Å². The lowest BCUT2D eigenvalue weighted by Crippen LogP contribution is -2.42. The maximum atomic E-state index is 12.7. The van der Waals surface area contributed by atoms with Crippen molar-refractivity contribution < 1.29 is 14.4 Å². The molecule has 148 valence electrons. The summed E-state index contributed by atoms with van der Waals surface area (Å²) in [5.74, 6) is -0.465. The number of carbonyl (C=O) groups excluding carboxylic acids is 3. The highest BCUT2D eigenvalue weighted by Crippen LogP contribution is 2.29. The fourth-order valence-corrected chi connectivity index (χ4v) is 3.77. The van der Waals surface area contributed by atoms with Crippen LogP contribution >= 0.6 is 0 Å². The molecule has 4 rings (SSSR count). The van der Waals surface area contributed by atoms with Gasteiger partial charge in [-0.05, 0) is 29.7 Å². The van der Waals surface area contributed by atoms with Crippen LogP contribution in [0.2, 0.25) is 0 Å². The van der Waals surface area contributed by atoms with Gasteiger partial charge in [0.1, 0.15) is 6.54 Å². The number of amides is 3. The summed E-state index contributed by atoms with van der Waals surface area (Å²) >= 11 is 0. The molecule has 0 aliphatic carbocycles. The number of hydrogen-bond donors (Lipinski definition) is 1. The number of hydrogen-bond acceptors (Lipinski definition) is 3. The molecule has 0 fully saturated rings. The Hall–Kier alpha value is -3.41. The molecule has 3 amide bonds. The number of nitrogens with zero attached hydrogens (tertiary/aromatic N) is 2. The normalized spacial score (nSPS) is 16.0. The molecule has 0 aromatic heterocycles. The Morgan fingerprint density at radius 3 is 2.41 bits per heavy atom. The van der Waals surface area contributed by atoms with Gasteiger partial charge in [-0.3, -0.25) is 14.4 Å². The summed E-state index contributed by atoms with van der Waals surface area (Å²) in [5, 5.41) is 2.76. The minimum absolute atomic E-state index is 0.0169. The van der Waals surface area contributed by atoms with Crippen LogP contribution in [0.1, 0.15) is 24.8 Å². The van der Waals surface area contributed by atoms with E-state index >= 15 is 0 Å². The molecular weight excluding hydrogens is 366 g/mol. The molecule has 2 aromatic rings. The van der Waals surface area contributed by atoms with Gasteiger partial charge < -0.3 is 15.1 Å². The van der Waals surface area contributed by atoms with Crippen molar-refractivity contribution >= 4 is 34.7 Å². The highest BCUT2D eigenvalue weighted by atomic mass is 16.2. The highest BCUT2D eigenvalue weighted by molar-refractivity contribution is 6.10. The molecular formula is C23H23N3O3. The maximum Gasteiger partial charge on any atom is 0.244 e. The second kappa shape index (κ2) is 8.31. The van der Waals surface area contributed by atoms with Gasteiger partial charge in [-0.15, -0.1) is 0 Å². The highest BCUT2D eigenvalue weighted by Gasteiger charge is 2.27. The predicted octanol–water partition coefficient (Wildman–Crippen LogP) is 3.07. The van der Waals surface area contributed by atoms with E-state index in [0.717, 1.165) is 6.42 Å². The Morgan fingerprint density at radius 1 is 0.931 bits per heavy atom. The summed E-state index contributed by atoms with van der Waals surface area (Å²) in [7, 11) is 0. The fourth-order valence-electron chi connectivity index (χ4n) is 3.77. The quantitative estimate of drug-likeness (QED) is 0.874. The third-order valence-corrected chi connectivity index (χ3v) is 5.33. The Labute approximate surface area is 169 Å². The van der Waals surface area contributed by atoms with Gasteiger partial charge in [0.2, 0.25) is 17.7 Å². The van der Waals surface area contributed by atoms with Gasteiger partial charge >= 0.3 is 0 Å². The smallest absolute Gasteiger partial charge is 0.244 e. The van der Waals surface area contributed by atoms with Crippen molar-refractivity contribution in [2.75, 3.05) is 29.9 Å². The molecule has 0 unspecified atom stereocenters. The first-order valence-electron chi connectivity index (χ1n) is 9.83. The summed E-state index contributed by atoms with van der Waals surface area (Å²) in [6.07, 6.45) is 3.13. The topological polar surface area (TPSA) is 69.7 Å². The van der Waals surface area contributed by atoms with Crippen LogP contribution in [0.15, 0.2) is 60.7 Å². The van der Waals surface area contributed by atoms with Crippen molar-refractivity contribution in [3.63, 3.8) is 0 Å². The Balaban J connectivity index is 1.34. The van der Waals surface area contributed by atoms with E-state index in [1.54, 1.807) is 17.0 Å². The third-order valence-electron chi connectivity index (χ3n) is 5.33. The summed E-state index contributed by atoms with van der Waals surface area (Å²) in [4.78, 5) is 40.4. The Morgan fingerprint density at radius 2 is 1.66 bits per heavy atom. The number of anilines is 2. The monoisotopic (exact) mass is 389 g/mol. The van der Waals surface area contributed by atoms with Crippen LogP contribution in [0.25, 0.3) is 5.57 Å². The van der Waals surface area contributed by atoms with Crippen LogP contribution < -0.4 is 10.2 Å². The Bertz CT molecular complexity index is 968. The van der Waals surface area contributed by atoms with E-state index in [1.165, 1.54) is 16.0 Å². The van der Waals surface area contributed by atoms with E-state index in [1.807, 2.05) is 30.3 Å². The van der Waals surface area contributed by atoms with E-state index in [-0.39, 0.29) is 37.1 Å². The van der Waals surface area contributed by atoms with Crippen molar-refractivity contribution in [2.45, 2.75) is 19.3 Å². The summed E-state index contributed by atoms with van der Waals surface area (Å²) in [5.41, 5.74) is 3.74. The van der Waals surface area contributed by atoms with Crippen molar-refractivity contribution in [3.8, 4) is 0 Å². The molecule has 6 nitrogen and oxygen atoms in total. The van der Waals surface area contributed by atoms with Gasteiger partial charge in [0, 0.05) is 25.9 Å². The van der Waals surface area contributed by atoms with Crippen molar-refractivity contribution in [3.05, 3.63) is 66.2 Å². The lowest BCUT2D eigenvalue weighted by molar-refractivity contribution is -0.132. The maximum absolute atomic E-state index is 12.7. The van der Waals surface area contributed by atoms with Crippen LogP contribution in [-0.4, -0.2) is 42.3 Å². The van der Waals surface area contributed by atoms with Crippen molar-refractivity contribution in [1.82, 2.24) is 4.90 Å². The molecule has 1 N–H and O–H groups in total. The van der Waals surface area contributed by atoms with E-state index in [0.29, 0.717) is 24.5 Å². The molecule has 29 heavy (non-hydrogen) atoms. The molecule has 0 saturated carbocycles. The molecule has 0 bridgehead atoms. The first-order valence-corrected chi connectivity index (χ1v) is 9.83. The van der Waals surface area contributed by atoms with Crippen LogP contribution in [0.3, 0.4) is 0 Å². The van der Waals surface area contributed by atoms with Gasteiger partial charge in [-0.2, -0.15) is 0 Å². The van der Waals surface area contributed by atoms with Crippen molar-refractivity contribution in [2.24, 2.45) is 0 Å². The van der Waals surface area contributed by atoms with Crippen LogP contribution in [0.5, 0.6) is 0 Å². The molecule has 0 radical (unpaired) electrons. The number of rotatable bonds is 4. The Kier molecular flexibility index (Phi) is 5.42. The zero-order valence-electron chi connectivity index (χ0n) is 16.1. The number of para-hydroxylation sites is 2. The van der Waals surface area contributed by atoms with Crippen LogP contribution in [0.4, 0.5) is 11.4 Å². The molecule has 6 heteroatoms. The molecule has 2 aliphatic rings. The van der Waals surface area contributed by atoms with Crippen molar-refractivity contribution in [1.29, 1.82) is 0 Å². The molecule has 2 heterocycles. The second-order valence-corrected chi connectivity index (χ2v) is 7.23. The standard InChI is InChI=1S/C23H23N3O3/c27-21-16-26(20-9-5-4-8-19(20)24-21)23(29)11-10-22(28)25-14-12-18(13-15-25)17-6-2-1-3-7-17/h1-9,12H,10-11,13-16H2,(H,24,27). The van der Waals surface area contributed by atoms with Gasteiger partial charge in [0.05, 0.1) is 11.4 Å². The lowest BCUT2D eigenvalue weighted by atomic mass is 9.99. The van der Waals surface area contributed by atoms with Gasteiger partial charge in [-0.25, -0.2) is 0 Å². The minimum atomic E-state index is -0.224. The summed E-state index contributed by atoms with van der Waals surface area (Å²) in [6.45, 7) is 1.20. The molecule has 2 aromatic carbocycles. The molecule has 0 saturated heterocycles. The zero-order chi connectivity index (χ0) is 20.2. The minimum Gasteiger partial charge on any atom is -0.339 e. The lowest BCUT2D eigenvalue weighted by Gasteiger charge is -2.30. The predicted molar refractivity (Wildman–Crippen MR) is 112 cm³/mol. The fraction of sp³-hybridized carbons (Fsp3) is 0.261. The molecule has 2 aliphatic heterocycles. The number of nitrogens with one attached hydrogen (secondary N) is 1. The summed E-state index contributed by atoms with van der Waals surface area (Å²) in [6, 6.07) is 17.4. The number of carbonyl (C=O) groups is 3. The largest absolute Gasteiger partial charge is 0.339 e. The molecule has 0 spiro atoms. The van der Waals surface area contributed by atoms with Gasteiger partial charge in [0.15, 0.2) is 0 Å². The average Bonchev–Trinajstić information content (AvgIpc) is 2.77. The second-order valence-electron chi connectivity index (χ2n) is 7.23. The van der Waals surface area contributed by atoms with E-state index in [9.17, 15) is 14.4 Å². The van der Waals surface area contributed by atoms with E-state index in [2.05, 4.69) is 23.5 Å². The SMILES string of the molecule is O=C1CN(C(=O)CCC(=O)N2CC=C(c3ccccc3)CC2)c2ccccc2N1. The van der Waals surface area contributed by atoms with E-state index < -0.39 is 0 Å².